The summed E-state index contributed by atoms with van der Waals surface area (Å²) in [5.41, 5.74) is 1.81. The Morgan fingerprint density at radius 2 is 2.26 bits per heavy atom. The number of carboxylic acids is 1. The number of methoxy groups -OCH3 is 1. The monoisotopic (exact) mass is 398 g/mol. The van der Waals surface area contributed by atoms with E-state index in [9.17, 15) is 4.79 Å². The first kappa shape index (κ1) is 17.9. The lowest BCUT2D eigenvalue weighted by Gasteiger charge is -2.17. The Balaban J connectivity index is 2.20. The number of nitrogens with zero attached hydrogens (tertiary/aromatic N) is 2. The molecule has 124 valence electrons. The second-order valence-electron chi connectivity index (χ2n) is 5.09. The molecule has 0 aliphatic rings. The summed E-state index contributed by atoms with van der Waals surface area (Å²) in [5.74, 6) is -0.0485. The molecule has 0 spiro atoms. The summed E-state index contributed by atoms with van der Waals surface area (Å²) in [6.07, 6.45) is 0.906. The minimum absolute atomic E-state index is 0.0287. The normalized spacial score (nSPS) is 11.0. The van der Waals surface area contributed by atoms with Crippen molar-refractivity contribution in [1.82, 2.24) is 9.88 Å². The number of ether oxygens (including phenoxy) is 1. The Labute approximate surface area is 148 Å². The average Bonchev–Trinajstić information content (AvgIpc) is 2.95. The van der Waals surface area contributed by atoms with E-state index in [4.69, 9.17) is 9.84 Å². The van der Waals surface area contributed by atoms with Crippen molar-refractivity contribution >= 4 is 33.2 Å². The lowest BCUT2D eigenvalue weighted by Crippen LogP contribution is -2.30. The van der Waals surface area contributed by atoms with Gasteiger partial charge in [0, 0.05) is 16.4 Å². The molecule has 2 aromatic rings. The number of benzene rings is 1. The van der Waals surface area contributed by atoms with Crippen LogP contribution >= 0.6 is 27.3 Å². The predicted molar refractivity (Wildman–Crippen MR) is 95.0 cm³/mol. The van der Waals surface area contributed by atoms with Gasteiger partial charge in [0.15, 0.2) is 0 Å². The molecule has 7 heteroatoms. The van der Waals surface area contributed by atoms with Crippen LogP contribution in [0.1, 0.15) is 19.0 Å². The van der Waals surface area contributed by atoms with Crippen molar-refractivity contribution in [3.63, 3.8) is 0 Å². The van der Waals surface area contributed by atoms with Gasteiger partial charge in [0.05, 0.1) is 24.9 Å². The van der Waals surface area contributed by atoms with Gasteiger partial charge in [-0.15, -0.1) is 11.3 Å². The van der Waals surface area contributed by atoms with E-state index < -0.39 is 5.97 Å². The van der Waals surface area contributed by atoms with Gasteiger partial charge in [0.1, 0.15) is 10.8 Å². The SMILES string of the molecule is CCCN(CC(=O)O)Cc1csc(-c2cc(Br)ccc2OC)n1. The number of rotatable bonds is 8. The van der Waals surface area contributed by atoms with Crippen LogP contribution in [-0.4, -0.2) is 41.2 Å². The van der Waals surface area contributed by atoms with Crippen molar-refractivity contribution in [1.29, 1.82) is 0 Å². The highest BCUT2D eigenvalue weighted by Crippen LogP contribution is 2.34. The lowest BCUT2D eigenvalue weighted by molar-refractivity contribution is -0.138. The third-order valence-electron chi connectivity index (χ3n) is 3.23. The molecule has 23 heavy (non-hydrogen) atoms. The Bertz CT molecular complexity index is 675. The van der Waals surface area contributed by atoms with Crippen molar-refractivity contribution in [2.24, 2.45) is 0 Å². The van der Waals surface area contributed by atoms with Gasteiger partial charge in [0.2, 0.25) is 0 Å². The molecule has 0 saturated heterocycles. The maximum atomic E-state index is 10.9. The summed E-state index contributed by atoms with van der Waals surface area (Å²) in [4.78, 5) is 17.5. The fourth-order valence-corrected chi connectivity index (χ4v) is 3.49. The zero-order chi connectivity index (χ0) is 16.8. The fraction of sp³-hybridized carbons (Fsp3) is 0.375. The second-order valence-corrected chi connectivity index (χ2v) is 6.87. The van der Waals surface area contributed by atoms with E-state index >= 15 is 0 Å². The smallest absolute Gasteiger partial charge is 0.317 e. The Morgan fingerprint density at radius 1 is 1.48 bits per heavy atom. The zero-order valence-electron chi connectivity index (χ0n) is 13.1. The van der Waals surface area contributed by atoms with E-state index in [1.807, 2.05) is 35.4 Å². The van der Waals surface area contributed by atoms with Crippen molar-refractivity contribution < 1.29 is 14.6 Å². The van der Waals surface area contributed by atoms with Gasteiger partial charge >= 0.3 is 5.97 Å². The molecule has 0 aliphatic heterocycles. The van der Waals surface area contributed by atoms with E-state index in [0.29, 0.717) is 6.54 Å². The Hall–Kier alpha value is -1.44. The number of hydrogen-bond acceptors (Lipinski definition) is 5. The number of aromatic nitrogens is 1. The molecule has 0 fully saturated rings. The molecule has 0 saturated carbocycles. The zero-order valence-corrected chi connectivity index (χ0v) is 15.5. The van der Waals surface area contributed by atoms with Crippen molar-refractivity contribution in [3.8, 4) is 16.3 Å². The third-order valence-corrected chi connectivity index (χ3v) is 4.65. The summed E-state index contributed by atoms with van der Waals surface area (Å²) in [7, 11) is 1.64. The predicted octanol–water partition coefficient (Wildman–Crippen LogP) is 3.88. The van der Waals surface area contributed by atoms with Crippen LogP contribution in [0, 0.1) is 0 Å². The molecule has 5 nitrogen and oxygen atoms in total. The number of aliphatic carboxylic acids is 1. The van der Waals surface area contributed by atoms with Gasteiger partial charge < -0.3 is 9.84 Å². The molecule has 0 aliphatic carbocycles. The van der Waals surface area contributed by atoms with Gasteiger partial charge in [-0.2, -0.15) is 0 Å². The molecule has 2 rings (SSSR count). The highest BCUT2D eigenvalue weighted by molar-refractivity contribution is 9.10. The number of thiazole rings is 1. The molecule has 0 amide bonds. The minimum Gasteiger partial charge on any atom is -0.496 e. The quantitative estimate of drug-likeness (QED) is 0.730. The molecule has 1 aromatic heterocycles. The Kier molecular flexibility index (Phi) is 6.56. The highest BCUT2D eigenvalue weighted by atomic mass is 79.9. The van der Waals surface area contributed by atoms with E-state index in [-0.39, 0.29) is 6.54 Å². The molecule has 0 radical (unpaired) electrons. The molecule has 1 N–H and O–H groups in total. The van der Waals surface area contributed by atoms with Crippen LogP contribution in [0.25, 0.3) is 10.6 Å². The van der Waals surface area contributed by atoms with Gasteiger partial charge in [-0.25, -0.2) is 4.98 Å². The fourth-order valence-electron chi connectivity index (χ4n) is 2.30. The molecular weight excluding hydrogens is 380 g/mol. The topological polar surface area (TPSA) is 62.7 Å². The van der Waals surface area contributed by atoms with Crippen LogP contribution in [0.15, 0.2) is 28.1 Å². The molecule has 0 bridgehead atoms. The Morgan fingerprint density at radius 3 is 2.91 bits per heavy atom. The van der Waals surface area contributed by atoms with Crippen molar-refractivity contribution in [3.05, 3.63) is 33.7 Å². The van der Waals surface area contributed by atoms with Gasteiger partial charge in [-0.05, 0) is 31.2 Å². The summed E-state index contributed by atoms with van der Waals surface area (Å²) < 4.78 is 6.36. The summed E-state index contributed by atoms with van der Waals surface area (Å²) in [5, 5.41) is 11.8. The molecule has 1 aromatic carbocycles. The maximum absolute atomic E-state index is 10.9. The van der Waals surface area contributed by atoms with Gasteiger partial charge in [0.25, 0.3) is 0 Å². The van der Waals surface area contributed by atoms with Gasteiger partial charge in [-0.1, -0.05) is 22.9 Å². The minimum atomic E-state index is -0.817. The van der Waals surface area contributed by atoms with Crippen LogP contribution in [0.2, 0.25) is 0 Å². The average molecular weight is 399 g/mol. The standard InChI is InChI=1S/C16H19BrN2O3S/c1-3-6-19(9-15(20)21)8-12-10-23-16(18-12)13-7-11(17)4-5-14(13)22-2/h4-5,7,10H,3,6,8-9H2,1-2H3,(H,20,21). The highest BCUT2D eigenvalue weighted by Gasteiger charge is 2.14. The first-order valence-electron chi connectivity index (χ1n) is 7.26. The maximum Gasteiger partial charge on any atom is 0.317 e. The van der Waals surface area contributed by atoms with Gasteiger partial charge in [-0.3, -0.25) is 9.69 Å². The number of carbonyl (C=O) groups is 1. The van der Waals surface area contributed by atoms with E-state index in [1.165, 1.54) is 11.3 Å². The first-order valence-corrected chi connectivity index (χ1v) is 8.93. The summed E-state index contributed by atoms with van der Waals surface area (Å²) >= 11 is 5.00. The summed E-state index contributed by atoms with van der Waals surface area (Å²) in [6, 6.07) is 5.80. The molecule has 0 atom stereocenters. The number of carboxylic acid groups (broad SMARTS) is 1. The van der Waals surface area contributed by atoms with Crippen LogP contribution in [0.4, 0.5) is 0 Å². The number of hydrogen-bond donors (Lipinski definition) is 1. The molecule has 1 heterocycles. The van der Waals surface area contributed by atoms with E-state index in [0.717, 1.165) is 39.5 Å². The van der Waals surface area contributed by atoms with Crippen LogP contribution in [0.5, 0.6) is 5.75 Å². The second kappa shape index (κ2) is 8.42. The number of halogens is 1. The van der Waals surface area contributed by atoms with E-state index in [2.05, 4.69) is 20.9 Å². The van der Waals surface area contributed by atoms with E-state index in [1.54, 1.807) is 7.11 Å². The van der Waals surface area contributed by atoms with Crippen molar-refractivity contribution in [2.75, 3.05) is 20.2 Å². The van der Waals surface area contributed by atoms with Crippen LogP contribution in [-0.2, 0) is 11.3 Å². The molecular formula is C16H19BrN2O3S. The lowest BCUT2D eigenvalue weighted by atomic mass is 10.2. The molecule has 0 unspecified atom stereocenters. The van der Waals surface area contributed by atoms with Crippen LogP contribution in [0.3, 0.4) is 0 Å². The first-order chi connectivity index (χ1) is 11.0. The summed E-state index contributed by atoms with van der Waals surface area (Å²) in [6.45, 7) is 3.33. The van der Waals surface area contributed by atoms with Crippen molar-refractivity contribution in [2.45, 2.75) is 19.9 Å². The van der Waals surface area contributed by atoms with Crippen LogP contribution < -0.4 is 4.74 Å². The largest absolute Gasteiger partial charge is 0.496 e. The third kappa shape index (κ3) is 5.02.